The second-order valence-electron chi connectivity index (χ2n) is 3.31. The molecular weight excluding hydrogens is 186 g/mol. The van der Waals surface area contributed by atoms with Crippen LogP contribution in [-0.2, 0) is 0 Å². The highest BCUT2D eigenvalue weighted by atomic mass is 32.1. The number of anilines is 2. The maximum atomic E-state index is 9.32. The fourth-order valence-corrected chi connectivity index (χ4v) is 2.24. The fraction of sp³-hybridized carbons (Fsp3) is 0.625. The van der Waals surface area contributed by atoms with Gasteiger partial charge in [-0.25, -0.2) is 0 Å². The first-order valence-corrected chi connectivity index (χ1v) is 5.18. The molecule has 1 fully saturated rings. The zero-order chi connectivity index (χ0) is 9.26. The van der Waals surface area contributed by atoms with Crippen molar-refractivity contribution in [1.82, 2.24) is 4.37 Å². The lowest BCUT2D eigenvalue weighted by Gasteiger charge is -2.29. The summed E-state index contributed by atoms with van der Waals surface area (Å²) in [5.41, 5.74) is 5.54. The summed E-state index contributed by atoms with van der Waals surface area (Å²) in [6.07, 6.45) is 1.57. The first-order chi connectivity index (χ1) is 6.25. The molecule has 1 aromatic rings. The number of aliphatic hydroxyl groups is 1. The molecule has 72 valence electrons. The Morgan fingerprint density at radius 3 is 2.77 bits per heavy atom. The molecule has 0 aliphatic carbocycles. The van der Waals surface area contributed by atoms with Gasteiger partial charge in [-0.3, -0.25) is 0 Å². The maximum Gasteiger partial charge on any atom is 0.139 e. The summed E-state index contributed by atoms with van der Waals surface area (Å²) >= 11 is 1.43. The van der Waals surface area contributed by atoms with Gasteiger partial charge in [-0.1, -0.05) is 0 Å². The number of nitrogen functional groups attached to an aromatic ring is 1. The van der Waals surface area contributed by atoms with Crippen molar-refractivity contribution in [3.63, 3.8) is 0 Å². The van der Waals surface area contributed by atoms with Crippen molar-refractivity contribution in [3.05, 3.63) is 6.07 Å². The Morgan fingerprint density at radius 2 is 2.23 bits per heavy atom. The predicted octanol–water partition coefficient (Wildman–Crippen LogP) is 0.686. The first-order valence-electron chi connectivity index (χ1n) is 4.41. The molecule has 1 aliphatic rings. The molecule has 13 heavy (non-hydrogen) atoms. The van der Waals surface area contributed by atoms with Crippen molar-refractivity contribution in [3.8, 4) is 0 Å². The Balaban J connectivity index is 2.02. The number of piperidine rings is 1. The molecule has 0 spiro atoms. The summed E-state index contributed by atoms with van der Waals surface area (Å²) in [4.78, 5) is 2.22. The van der Waals surface area contributed by atoms with Gasteiger partial charge >= 0.3 is 0 Å². The SMILES string of the molecule is Nc1cc(N2CCC(O)CC2)sn1. The predicted molar refractivity (Wildman–Crippen MR) is 54.0 cm³/mol. The van der Waals surface area contributed by atoms with Gasteiger partial charge in [0.15, 0.2) is 0 Å². The highest BCUT2D eigenvalue weighted by molar-refractivity contribution is 7.10. The number of aromatic nitrogens is 1. The van der Waals surface area contributed by atoms with Gasteiger partial charge in [-0.2, -0.15) is 4.37 Å². The van der Waals surface area contributed by atoms with Crippen LogP contribution in [0.1, 0.15) is 12.8 Å². The van der Waals surface area contributed by atoms with Crippen LogP contribution in [0.3, 0.4) is 0 Å². The van der Waals surface area contributed by atoms with Crippen LogP contribution >= 0.6 is 11.5 Å². The van der Waals surface area contributed by atoms with E-state index in [4.69, 9.17) is 5.73 Å². The second kappa shape index (κ2) is 3.51. The molecule has 1 aliphatic heterocycles. The van der Waals surface area contributed by atoms with Crippen LogP contribution in [0.2, 0.25) is 0 Å². The summed E-state index contributed by atoms with van der Waals surface area (Å²) in [5.74, 6) is 0.589. The third-order valence-corrected chi connectivity index (χ3v) is 3.16. The van der Waals surface area contributed by atoms with Gasteiger partial charge in [-0.15, -0.1) is 0 Å². The summed E-state index contributed by atoms with van der Waals surface area (Å²) in [5, 5.41) is 10.4. The Kier molecular flexibility index (Phi) is 2.37. The summed E-state index contributed by atoms with van der Waals surface area (Å²) < 4.78 is 4.03. The van der Waals surface area contributed by atoms with Gasteiger partial charge < -0.3 is 15.7 Å². The minimum Gasteiger partial charge on any atom is -0.393 e. The third kappa shape index (κ3) is 1.92. The molecule has 2 rings (SSSR count). The van der Waals surface area contributed by atoms with Crippen LogP contribution in [0.4, 0.5) is 10.8 Å². The van der Waals surface area contributed by atoms with Gasteiger partial charge in [-0.05, 0) is 24.4 Å². The van der Waals surface area contributed by atoms with E-state index in [9.17, 15) is 5.11 Å². The minimum absolute atomic E-state index is 0.124. The van der Waals surface area contributed by atoms with E-state index in [2.05, 4.69) is 9.27 Å². The lowest BCUT2D eigenvalue weighted by atomic mass is 10.1. The van der Waals surface area contributed by atoms with Crippen LogP contribution in [0.25, 0.3) is 0 Å². The van der Waals surface area contributed by atoms with E-state index in [0.717, 1.165) is 30.9 Å². The lowest BCUT2D eigenvalue weighted by molar-refractivity contribution is 0.145. The van der Waals surface area contributed by atoms with Gasteiger partial charge in [0.1, 0.15) is 10.8 Å². The molecule has 1 aromatic heterocycles. The average Bonchev–Trinajstić information content (AvgIpc) is 2.53. The van der Waals surface area contributed by atoms with Gasteiger partial charge in [0.05, 0.1) is 6.10 Å². The van der Waals surface area contributed by atoms with Gasteiger partial charge in [0, 0.05) is 19.2 Å². The van der Waals surface area contributed by atoms with E-state index in [1.54, 1.807) is 0 Å². The number of hydrogen-bond donors (Lipinski definition) is 2. The summed E-state index contributed by atoms with van der Waals surface area (Å²) in [6.45, 7) is 1.81. The molecule has 0 amide bonds. The van der Waals surface area contributed by atoms with Crippen molar-refractivity contribution < 1.29 is 5.11 Å². The zero-order valence-electron chi connectivity index (χ0n) is 7.31. The topological polar surface area (TPSA) is 62.4 Å². The number of aliphatic hydroxyl groups excluding tert-OH is 1. The highest BCUT2D eigenvalue weighted by Gasteiger charge is 2.18. The quantitative estimate of drug-likeness (QED) is 0.698. The molecule has 5 heteroatoms. The van der Waals surface area contributed by atoms with Crippen LogP contribution in [0.5, 0.6) is 0 Å². The van der Waals surface area contributed by atoms with E-state index in [1.165, 1.54) is 11.5 Å². The number of rotatable bonds is 1. The van der Waals surface area contributed by atoms with Crippen molar-refractivity contribution >= 4 is 22.4 Å². The fourth-order valence-electron chi connectivity index (χ4n) is 1.51. The summed E-state index contributed by atoms with van der Waals surface area (Å²) in [7, 11) is 0. The Morgan fingerprint density at radius 1 is 1.54 bits per heavy atom. The van der Waals surface area contributed by atoms with E-state index in [1.807, 2.05) is 6.07 Å². The first kappa shape index (κ1) is 8.77. The molecule has 1 saturated heterocycles. The third-order valence-electron chi connectivity index (χ3n) is 2.29. The molecule has 0 saturated carbocycles. The standard InChI is InChI=1S/C8H13N3OS/c9-7-5-8(13-10-7)11-3-1-6(12)2-4-11/h5-6,12H,1-4H2,(H2,9,10). The Bertz CT molecular complexity index is 281. The normalized spacial score (nSPS) is 19.3. The second-order valence-corrected chi connectivity index (χ2v) is 4.09. The molecule has 3 N–H and O–H groups in total. The molecule has 0 aromatic carbocycles. The molecule has 0 radical (unpaired) electrons. The Hall–Kier alpha value is -0.810. The van der Waals surface area contributed by atoms with Gasteiger partial charge in [0.2, 0.25) is 0 Å². The van der Waals surface area contributed by atoms with E-state index in [-0.39, 0.29) is 6.10 Å². The summed E-state index contributed by atoms with van der Waals surface area (Å²) in [6, 6.07) is 1.89. The molecule has 0 unspecified atom stereocenters. The van der Waals surface area contributed by atoms with E-state index >= 15 is 0 Å². The van der Waals surface area contributed by atoms with Crippen molar-refractivity contribution in [1.29, 1.82) is 0 Å². The average molecular weight is 199 g/mol. The van der Waals surface area contributed by atoms with Gasteiger partial charge in [0.25, 0.3) is 0 Å². The monoisotopic (exact) mass is 199 g/mol. The number of nitrogens with zero attached hydrogens (tertiary/aromatic N) is 2. The Labute approximate surface area is 81.1 Å². The lowest BCUT2D eigenvalue weighted by Crippen LogP contribution is -2.35. The van der Waals surface area contributed by atoms with Crippen molar-refractivity contribution in [2.75, 3.05) is 23.7 Å². The molecule has 0 bridgehead atoms. The van der Waals surface area contributed by atoms with Crippen LogP contribution in [-0.4, -0.2) is 28.7 Å². The van der Waals surface area contributed by atoms with E-state index in [0.29, 0.717) is 5.82 Å². The maximum absolute atomic E-state index is 9.32. The molecule has 4 nitrogen and oxygen atoms in total. The van der Waals surface area contributed by atoms with Crippen molar-refractivity contribution in [2.45, 2.75) is 18.9 Å². The molecule has 2 heterocycles. The van der Waals surface area contributed by atoms with Crippen LogP contribution in [0, 0.1) is 0 Å². The van der Waals surface area contributed by atoms with Crippen molar-refractivity contribution in [2.24, 2.45) is 0 Å². The number of nitrogens with two attached hydrogens (primary N) is 1. The molecular formula is C8H13N3OS. The molecule has 0 atom stereocenters. The van der Waals surface area contributed by atoms with Crippen LogP contribution in [0.15, 0.2) is 6.07 Å². The largest absolute Gasteiger partial charge is 0.393 e. The minimum atomic E-state index is -0.124. The van der Waals surface area contributed by atoms with Crippen LogP contribution < -0.4 is 10.6 Å². The number of hydrogen-bond acceptors (Lipinski definition) is 5. The van der Waals surface area contributed by atoms with E-state index < -0.39 is 0 Å². The smallest absolute Gasteiger partial charge is 0.139 e. The zero-order valence-corrected chi connectivity index (χ0v) is 8.13. The highest BCUT2D eigenvalue weighted by Crippen LogP contribution is 2.25.